The van der Waals surface area contributed by atoms with Gasteiger partial charge in [-0.3, -0.25) is 4.79 Å². The zero-order valence-corrected chi connectivity index (χ0v) is 16.6. The summed E-state index contributed by atoms with van der Waals surface area (Å²) in [5.74, 6) is 0.0779. The summed E-state index contributed by atoms with van der Waals surface area (Å²) in [7, 11) is -3.05. The third kappa shape index (κ3) is 4.62. The number of aryl methyl sites for hydroxylation is 2. The highest BCUT2D eigenvalue weighted by Gasteiger charge is 2.34. The molecule has 2 heterocycles. The third-order valence-electron chi connectivity index (χ3n) is 4.71. The summed E-state index contributed by atoms with van der Waals surface area (Å²) in [6.07, 6.45) is 3.86. The second kappa shape index (κ2) is 7.76. The minimum Gasteiger partial charge on any atom is -0.330 e. The van der Waals surface area contributed by atoms with Gasteiger partial charge in [0.15, 0.2) is 9.84 Å². The van der Waals surface area contributed by atoms with Crippen molar-refractivity contribution in [3.63, 3.8) is 0 Å². The first-order chi connectivity index (χ1) is 12.3. The molecular formula is C20H23NO3S2. The molecule has 1 aliphatic rings. The first-order valence-electron chi connectivity index (χ1n) is 8.63. The molecule has 2 aromatic rings. The topological polar surface area (TPSA) is 54.5 Å². The van der Waals surface area contributed by atoms with Crippen molar-refractivity contribution in [2.75, 3.05) is 11.5 Å². The minimum atomic E-state index is -3.05. The van der Waals surface area contributed by atoms with Crippen LogP contribution in [-0.2, 0) is 21.2 Å². The lowest BCUT2D eigenvalue weighted by molar-refractivity contribution is -0.128. The largest absolute Gasteiger partial charge is 0.330 e. The van der Waals surface area contributed by atoms with Crippen LogP contribution in [0.25, 0.3) is 6.08 Å². The maximum absolute atomic E-state index is 12.9. The average molecular weight is 390 g/mol. The Balaban J connectivity index is 1.81. The molecule has 1 fully saturated rings. The fraction of sp³-hybridized carbons (Fsp3) is 0.350. The number of rotatable bonds is 5. The molecule has 138 valence electrons. The van der Waals surface area contributed by atoms with Crippen molar-refractivity contribution in [1.82, 2.24) is 4.90 Å². The van der Waals surface area contributed by atoms with Crippen LogP contribution in [0.1, 0.15) is 28.0 Å². The van der Waals surface area contributed by atoms with Crippen molar-refractivity contribution in [1.29, 1.82) is 0 Å². The van der Waals surface area contributed by atoms with Gasteiger partial charge in [-0.1, -0.05) is 29.8 Å². The van der Waals surface area contributed by atoms with Crippen LogP contribution in [0.15, 0.2) is 41.8 Å². The van der Waals surface area contributed by atoms with E-state index in [0.29, 0.717) is 13.0 Å². The van der Waals surface area contributed by atoms with Gasteiger partial charge < -0.3 is 4.90 Å². The summed E-state index contributed by atoms with van der Waals surface area (Å²) in [4.78, 5) is 15.7. The van der Waals surface area contributed by atoms with Crippen molar-refractivity contribution in [2.45, 2.75) is 32.9 Å². The fourth-order valence-corrected chi connectivity index (χ4v) is 5.70. The van der Waals surface area contributed by atoms with Crippen molar-refractivity contribution < 1.29 is 13.2 Å². The Morgan fingerprint density at radius 2 is 1.96 bits per heavy atom. The normalized spacial score (nSPS) is 19.1. The molecule has 1 atom stereocenters. The molecule has 1 aromatic carbocycles. The number of hydrogen-bond acceptors (Lipinski definition) is 4. The van der Waals surface area contributed by atoms with E-state index in [1.165, 1.54) is 5.56 Å². The van der Waals surface area contributed by atoms with E-state index in [1.807, 2.05) is 49.6 Å². The molecule has 3 rings (SSSR count). The lowest BCUT2D eigenvalue weighted by atomic mass is 10.1. The molecule has 4 nitrogen and oxygen atoms in total. The highest BCUT2D eigenvalue weighted by molar-refractivity contribution is 7.91. The van der Waals surface area contributed by atoms with E-state index in [4.69, 9.17) is 0 Å². The molecule has 0 saturated carbocycles. The monoisotopic (exact) mass is 389 g/mol. The first kappa shape index (κ1) is 18.9. The van der Waals surface area contributed by atoms with Crippen LogP contribution in [-0.4, -0.2) is 36.8 Å². The Morgan fingerprint density at radius 3 is 2.54 bits per heavy atom. The molecule has 1 unspecified atom stereocenters. The Labute approximate surface area is 159 Å². The van der Waals surface area contributed by atoms with E-state index >= 15 is 0 Å². The van der Waals surface area contributed by atoms with Crippen LogP contribution < -0.4 is 0 Å². The SMILES string of the molecule is Cc1ccc(/C=C/C(=O)N(Cc2sccc2C)C2CCS(=O)(=O)C2)cc1. The number of sulfone groups is 1. The smallest absolute Gasteiger partial charge is 0.247 e. The highest BCUT2D eigenvalue weighted by atomic mass is 32.2. The van der Waals surface area contributed by atoms with Gasteiger partial charge in [-0.05, 0) is 48.9 Å². The molecule has 1 aromatic heterocycles. The van der Waals surface area contributed by atoms with E-state index < -0.39 is 9.84 Å². The molecule has 0 spiro atoms. The lowest BCUT2D eigenvalue weighted by Gasteiger charge is -2.27. The molecule has 1 amide bonds. The van der Waals surface area contributed by atoms with E-state index in [2.05, 4.69) is 0 Å². The molecule has 0 N–H and O–H groups in total. The lowest BCUT2D eigenvalue weighted by Crippen LogP contribution is -2.39. The first-order valence-corrected chi connectivity index (χ1v) is 11.3. The molecule has 6 heteroatoms. The Hall–Kier alpha value is -1.92. The maximum Gasteiger partial charge on any atom is 0.247 e. The second-order valence-corrected chi connectivity index (χ2v) is 10.0. The summed E-state index contributed by atoms with van der Waals surface area (Å²) >= 11 is 1.60. The summed E-state index contributed by atoms with van der Waals surface area (Å²) in [5.41, 5.74) is 3.26. The maximum atomic E-state index is 12.9. The highest BCUT2D eigenvalue weighted by Crippen LogP contribution is 2.24. The van der Waals surface area contributed by atoms with Crippen LogP contribution in [0.4, 0.5) is 0 Å². The third-order valence-corrected chi connectivity index (χ3v) is 7.47. The van der Waals surface area contributed by atoms with Crippen molar-refractivity contribution >= 4 is 33.2 Å². The summed E-state index contributed by atoms with van der Waals surface area (Å²) in [6, 6.07) is 9.70. The number of thiophene rings is 1. The van der Waals surface area contributed by atoms with Gasteiger partial charge in [0.2, 0.25) is 5.91 Å². The molecule has 1 saturated heterocycles. The van der Waals surface area contributed by atoms with Gasteiger partial charge in [-0.15, -0.1) is 11.3 Å². The second-order valence-electron chi connectivity index (χ2n) is 6.79. The average Bonchev–Trinajstić information content (AvgIpc) is 3.16. The zero-order chi connectivity index (χ0) is 18.7. The van der Waals surface area contributed by atoms with Crippen LogP contribution in [0.5, 0.6) is 0 Å². The van der Waals surface area contributed by atoms with Crippen LogP contribution in [0, 0.1) is 13.8 Å². The molecule has 0 aliphatic carbocycles. The zero-order valence-electron chi connectivity index (χ0n) is 15.0. The van der Waals surface area contributed by atoms with Crippen molar-refractivity contribution in [3.8, 4) is 0 Å². The number of amides is 1. The van der Waals surface area contributed by atoms with E-state index in [0.717, 1.165) is 16.0 Å². The minimum absolute atomic E-state index is 0.0571. The number of carbonyl (C=O) groups is 1. The standard InChI is InChI=1S/C20H23NO3S2/c1-15-3-5-17(6-4-15)7-8-20(22)21(13-19-16(2)9-11-25-19)18-10-12-26(23,24)14-18/h3-9,11,18H,10,12-14H2,1-2H3/b8-7+. The van der Waals surface area contributed by atoms with Gasteiger partial charge >= 0.3 is 0 Å². The summed E-state index contributed by atoms with van der Waals surface area (Å²) in [5, 5.41) is 2.00. The molecule has 0 bridgehead atoms. The number of carbonyl (C=O) groups excluding carboxylic acids is 1. The van der Waals surface area contributed by atoms with E-state index in [9.17, 15) is 13.2 Å². The van der Waals surface area contributed by atoms with Gasteiger partial charge in [0, 0.05) is 17.0 Å². The summed E-state index contributed by atoms with van der Waals surface area (Å²) in [6.45, 7) is 4.49. The Morgan fingerprint density at radius 1 is 1.23 bits per heavy atom. The number of benzene rings is 1. The van der Waals surface area contributed by atoms with Gasteiger partial charge in [-0.25, -0.2) is 8.42 Å². The molecule has 1 aliphatic heterocycles. The van der Waals surface area contributed by atoms with Crippen LogP contribution >= 0.6 is 11.3 Å². The molecule has 26 heavy (non-hydrogen) atoms. The fourth-order valence-electron chi connectivity index (χ4n) is 3.07. The number of hydrogen-bond donors (Lipinski definition) is 0. The quantitative estimate of drug-likeness (QED) is 0.734. The van der Waals surface area contributed by atoms with Crippen LogP contribution in [0.2, 0.25) is 0 Å². The number of nitrogens with zero attached hydrogens (tertiary/aromatic N) is 1. The van der Waals surface area contributed by atoms with Crippen molar-refractivity contribution in [2.24, 2.45) is 0 Å². The van der Waals surface area contributed by atoms with Gasteiger partial charge in [0.05, 0.1) is 18.1 Å². The molecule has 0 radical (unpaired) electrons. The Kier molecular flexibility index (Phi) is 5.63. The predicted octanol–water partition coefficient (Wildman–Crippen LogP) is 3.59. The molecular weight excluding hydrogens is 366 g/mol. The van der Waals surface area contributed by atoms with Crippen molar-refractivity contribution in [3.05, 3.63) is 63.4 Å². The Bertz CT molecular complexity index is 911. The van der Waals surface area contributed by atoms with Gasteiger partial charge in [-0.2, -0.15) is 0 Å². The summed E-state index contributed by atoms with van der Waals surface area (Å²) < 4.78 is 23.8. The van der Waals surface area contributed by atoms with E-state index in [1.54, 1.807) is 28.4 Å². The van der Waals surface area contributed by atoms with Gasteiger partial charge in [0.1, 0.15) is 0 Å². The van der Waals surface area contributed by atoms with E-state index in [-0.39, 0.29) is 23.5 Å². The van der Waals surface area contributed by atoms with Crippen LogP contribution in [0.3, 0.4) is 0 Å². The predicted molar refractivity (Wildman–Crippen MR) is 107 cm³/mol. The van der Waals surface area contributed by atoms with Gasteiger partial charge in [0.25, 0.3) is 0 Å².